The summed E-state index contributed by atoms with van der Waals surface area (Å²) in [5.74, 6) is 0.449. The zero-order valence-corrected chi connectivity index (χ0v) is 10.6. The molecule has 2 rings (SSSR count). The molecular formula is C12H21N3O2. The van der Waals surface area contributed by atoms with Crippen molar-refractivity contribution < 1.29 is 4.74 Å². The monoisotopic (exact) mass is 239 g/mol. The third-order valence-electron chi connectivity index (χ3n) is 3.43. The quantitative estimate of drug-likeness (QED) is 0.798. The molecule has 1 aliphatic rings. The molecule has 17 heavy (non-hydrogen) atoms. The Labute approximate surface area is 101 Å². The van der Waals surface area contributed by atoms with Gasteiger partial charge in [-0.3, -0.25) is 14.6 Å². The molecule has 5 nitrogen and oxygen atoms in total. The third kappa shape index (κ3) is 2.61. The second kappa shape index (κ2) is 5.51. The molecule has 5 heteroatoms. The smallest absolute Gasteiger partial charge is 0.269 e. The number of aromatic amines is 1. The Morgan fingerprint density at radius 1 is 1.47 bits per heavy atom. The van der Waals surface area contributed by atoms with Crippen LogP contribution in [0.4, 0.5) is 0 Å². The van der Waals surface area contributed by atoms with Gasteiger partial charge in [-0.05, 0) is 32.9 Å². The molecule has 0 bridgehead atoms. The summed E-state index contributed by atoms with van der Waals surface area (Å²) >= 11 is 0. The van der Waals surface area contributed by atoms with Crippen LogP contribution in [0, 0.1) is 0 Å². The van der Waals surface area contributed by atoms with Gasteiger partial charge in [-0.2, -0.15) is 0 Å². The van der Waals surface area contributed by atoms with Crippen molar-refractivity contribution >= 4 is 0 Å². The number of aryl methyl sites for hydroxylation is 1. The van der Waals surface area contributed by atoms with E-state index in [1.807, 2.05) is 7.05 Å². The summed E-state index contributed by atoms with van der Waals surface area (Å²) in [5, 5.41) is 6.31. The van der Waals surface area contributed by atoms with Gasteiger partial charge in [0.25, 0.3) is 5.56 Å². The second-order valence-corrected chi connectivity index (χ2v) is 4.61. The SMILES string of the molecule is CNCCc1c(C2CCOCC2)[nH]n(C)c1=O. The summed E-state index contributed by atoms with van der Waals surface area (Å²) < 4.78 is 6.96. The Hall–Kier alpha value is -1.07. The van der Waals surface area contributed by atoms with Crippen LogP contribution in [0.5, 0.6) is 0 Å². The number of nitrogens with zero attached hydrogens (tertiary/aromatic N) is 1. The molecule has 0 atom stereocenters. The molecule has 1 aromatic rings. The first-order chi connectivity index (χ1) is 8.24. The van der Waals surface area contributed by atoms with Crippen LogP contribution in [0.2, 0.25) is 0 Å². The zero-order valence-electron chi connectivity index (χ0n) is 10.6. The predicted octanol–water partition coefficient (Wildman–Crippen LogP) is 0.369. The zero-order chi connectivity index (χ0) is 12.3. The topological polar surface area (TPSA) is 59.0 Å². The van der Waals surface area contributed by atoms with E-state index in [1.165, 1.54) is 0 Å². The average Bonchev–Trinajstić information content (AvgIpc) is 2.65. The van der Waals surface area contributed by atoms with Crippen LogP contribution in [0.1, 0.15) is 30.0 Å². The van der Waals surface area contributed by atoms with Gasteiger partial charge in [0.2, 0.25) is 0 Å². The predicted molar refractivity (Wildman–Crippen MR) is 66.5 cm³/mol. The van der Waals surface area contributed by atoms with Gasteiger partial charge in [-0.15, -0.1) is 0 Å². The summed E-state index contributed by atoms with van der Waals surface area (Å²) in [6, 6.07) is 0. The van der Waals surface area contributed by atoms with Gasteiger partial charge >= 0.3 is 0 Å². The van der Waals surface area contributed by atoms with Gasteiger partial charge in [0.05, 0.1) is 0 Å². The highest BCUT2D eigenvalue weighted by Gasteiger charge is 2.22. The van der Waals surface area contributed by atoms with E-state index in [2.05, 4.69) is 10.4 Å². The highest BCUT2D eigenvalue weighted by Crippen LogP contribution is 2.26. The number of likely N-dealkylation sites (N-methyl/N-ethyl adjacent to an activating group) is 1. The molecule has 0 radical (unpaired) electrons. The Morgan fingerprint density at radius 3 is 2.82 bits per heavy atom. The summed E-state index contributed by atoms with van der Waals surface area (Å²) in [6.45, 7) is 2.43. The fourth-order valence-corrected chi connectivity index (χ4v) is 2.43. The first-order valence-corrected chi connectivity index (χ1v) is 6.24. The lowest BCUT2D eigenvalue weighted by Gasteiger charge is -2.21. The van der Waals surface area contributed by atoms with Gasteiger partial charge in [-0.25, -0.2) is 0 Å². The van der Waals surface area contributed by atoms with Crippen molar-refractivity contribution in [1.82, 2.24) is 15.1 Å². The minimum Gasteiger partial charge on any atom is -0.381 e. The van der Waals surface area contributed by atoms with Crippen molar-refractivity contribution in [3.05, 3.63) is 21.6 Å². The molecule has 0 spiro atoms. The molecular weight excluding hydrogens is 218 g/mol. The standard InChI is InChI=1S/C12H21N3O2/c1-13-6-3-10-11(14-15(2)12(10)16)9-4-7-17-8-5-9/h9,13-14H,3-8H2,1-2H3. The fourth-order valence-electron chi connectivity index (χ4n) is 2.43. The van der Waals surface area contributed by atoms with Gasteiger partial charge in [0, 0.05) is 37.4 Å². The number of aromatic nitrogens is 2. The lowest BCUT2D eigenvalue weighted by atomic mass is 9.93. The van der Waals surface area contributed by atoms with E-state index >= 15 is 0 Å². The first-order valence-electron chi connectivity index (χ1n) is 6.24. The lowest BCUT2D eigenvalue weighted by molar-refractivity contribution is 0.0842. The van der Waals surface area contributed by atoms with Crippen molar-refractivity contribution in [2.24, 2.45) is 7.05 Å². The van der Waals surface area contributed by atoms with Gasteiger partial charge in [-0.1, -0.05) is 0 Å². The largest absolute Gasteiger partial charge is 0.381 e. The van der Waals surface area contributed by atoms with E-state index in [-0.39, 0.29) is 5.56 Å². The Morgan fingerprint density at radius 2 is 2.18 bits per heavy atom. The molecule has 2 N–H and O–H groups in total. The number of rotatable bonds is 4. The van der Waals surface area contributed by atoms with E-state index < -0.39 is 0 Å². The van der Waals surface area contributed by atoms with E-state index in [4.69, 9.17) is 4.74 Å². The van der Waals surface area contributed by atoms with Crippen molar-refractivity contribution in [3.63, 3.8) is 0 Å². The molecule has 0 aliphatic carbocycles. The highest BCUT2D eigenvalue weighted by molar-refractivity contribution is 5.22. The first kappa shape index (κ1) is 12.4. The highest BCUT2D eigenvalue weighted by atomic mass is 16.5. The van der Waals surface area contributed by atoms with Crippen LogP contribution in [0.15, 0.2) is 4.79 Å². The summed E-state index contributed by atoms with van der Waals surface area (Å²) in [6.07, 6.45) is 2.80. The summed E-state index contributed by atoms with van der Waals surface area (Å²) in [7, 11) is 3.69. The molecule has 0 saturated carbocycles. The normalized spacial score (nSPS) is 17.5. The van der Waals surface area contributed by atoms with Crippen LogP contribution >= 0.6 is 0 Å². The molecule has 1 aliphatic heterocycles. The molecule has 0 aromatic carbocycles. The minimum atomic E-state index is 0.113. The maximum absolute atomic E-state index is 12.0. The fraction of sp³-hybridized carbons (Fsp3) is 0.750. The van der Waals surface area contributed by atoms with Crippen LogP contribution in [-0.4, -0.2) is 36.6 Å². The second-order valence-electron chi connectivity index (χ2n) is 4.61. The number of ether oxygens (including phenoxy) is 1. The minimum absolute atomic E-state index is 0.113. The molecule has 0 unspecified atom stereocenters. The van der Waals surface area contributed by atoms with Crippen molar-refractivity contribution in [2.45, 2.75) is 25.2 Å². The van der Waals surface area contributed by atoms with E-state index in [9.17, 15) is 4.79 Å². The average molecular weight is 239 g/mol. The van der Waals surface area contributed by atoms with Crippen molar-refractivity contribution in [3.8, 4) is 0 Å². The van der Waals surface area contributed by atoms with E-state index in [0.29, 0.717) is 5.92 Å². The van der Waals surface area contributed by atoms with Crippen LogP contribution < -0.4 is 10.9 Å². The Balaban J connectivity index is 2.24. The molecule has 96 valence electrons. The number of nitrogens with one attached hydrogen (secondary N) is 2. The van der Waals surface area contributed by atoms with Gasteiger partial charge in [0.15, 0.2) is 0 Å². The Kier molecular flexibility index (Phi) is 4.02. The Bertz CT molecular complexity index is 416. The molecule has 1 fully saturated rings. The van der Waals surface area contributed by atoms with E-state index in [1.54, 1.807) is 11.7 Å². The van der Waals surface area contributed by atoms with Crippen molar-refractivity contribution in [1.29, 1.82) is 0 Å². The maximum Gasteiger partial charge on any atom is 0.269 e. The van der Waals surface area contributed by atoms with Gasteiger partial charge in [0.1, 0.15) is 0 Å². The van der Waals surface area contributed by atoms with Crippen LogP contribution in [-0.2, 0) is 18.2 Å². The number of hydrogen-bond donors (Lipinski definition) is 2. The van der Waals surface area contributed by atoms with Crippen molar-refractivity contribution in [2.75, 3.05) is 26.8 Å². The number of hydrogen-bond acceptors (Lipinski definition) is 3. The molecule has 1 aromatic heterocycles. The molecule has 2 heterocycles. The van der Waals surface area contributed by atoms with Crippen LogP contribution in [0.25, 0.3) is 0 Å². The molecule has 0 amide bonds. The van der Waals surface area contributed by atoms with E-state index in [0.717, 1.165) is 50.3 Å². The maximum atomic E-state index is 12.0. The van der Waals surface area contributed by atoms with Crippen LogP contribution in [0.3, 0.4) is 0 Å². The molecule has 1 saturated heterocycles. The summed E-state index contributed by atoms with van der Waals surface area (Å²) in [4.78, 5) is 12.0. The summed E-state index contributed by atoms with van der Waals surface area (Å²) in [5.41, 5.74) is 2.17. The lowest BCUT2D eigenvalue weighted by Crippen LogP contribution is -2.21. The third-order valence-corrected chi connectivity index (χ3v) is 3.43. The number of H-pyrrole nitrogens is 1. The van der Waals surface area contributed by atoms with Gasteiger partial charge < -0.3 is 10.1 Å².